The fraction of sp³-hybridized carbons (Fsp3) is 0.154. The molecule has 9 heteroatoms. The van der Waals surface area contributed by atoms with Crippen molar-refractivity contribution in [1.82, 2.24) is 24.1 Å². The van der Waals surface area contributed by atoms with Crippen LogP contribution in [-0.4, -0.2) is 24.1 Å². The number of fused-ring (bicyclic) bond motifs is 1. The summed E-state index contributed by atoms with van der Waals surface area (Å²) in [6.07, 6.45) is 2.76. The van der Waals surface area contributed by atoms with Gasteiger partial charge in [-0.2, -0.15) is 4.98 Å². The highest BCUT2D eigenvalue weighted by Gasteiger charge is 2.16. The molecule has 0 saturated heterocycles. The molecule has 0 bridgehead atoms. The van der Waals surface area contributed by atoms with Gasteiger partial charge in [-0.25, -0.2) is 14.4 Å². The third-order valence-corrected chi connectivity index (χ3v) is 5.57. The summed E-state index contributed by atoms with van der Waals surface area (Å²) in [5.74, 6) is 0.787. The minimum absolute atomic E-state index is 0.290. The summed E-state index contributed by atoms with van der Waals surface area (Å²) in [4.78, 5) is 25.7. The predicted molar refractivity (Wildman–Crippen MR) is 132 cm³/mol. The van der Waals surface area contributed by atoms with E-state index in [2.05, 4.69) is 44.5 Å². The molecule has 176 valence electrons. The van der Waals surface area contributed by atoms with Gasteiger partial charge in [0.15, 0.2) is 11.2 Å². The maximum Gasteiger partial charge on any atom is 0.300 e. The summed E-state index contributed by atoms with van der Waals surface area (Å²) in [6, 6.07) is 18.0. The van der Waals surface area contributed by atoms with Gasteiger partial charge in [-0.3, -0.25) is 9.36 Å². The molecule has 0 aliphatic carbocycles. The van der Waals surface area contributed by atoms with E-state index in [1.807, 2.05) is 18.4 Å². The predicted octanol–water partition coefficient (Wildman–Crippen LogP) is 5.04. The number of anilines is 2. The molecule has 3 heterocycles. The Kier molecular flexibility index (Phi) is 5.97. The monoisotopic (exact) mass is 470 g/mol. The summed E-state index contributed by atoms with van der Waals surface area (Å²) in [5.41, 5.74) is 3.64. The molecule has 2 aromatic carbocycles. The van der Waals surface area contributed by atoms with Gasteiger partial charge in [0.25, 0.3) is 0 Å². The van der Waals surface area contributed by atoms with E-state index >= 15 is 0 Å². The SMILES string of the molecule is CCn1cnc2c1c(=O)nc(Nc1ccc(Oc3ccc(F)cn3)cc1)n2Cc1ccc(C)cc1. The minimum atomic E-state index is -0.429. The Hall–Kier alpha value is -4.53. The summed E-state index contributed by atoms with van der Waals surface area (Å²) in [5, 5.41) is 3.24. The first-order valence-corrected chi connectivity index (χ1v) is 11.2. The van der Waals surface area contributed by atoms with Crippen LogP contribution in [0.25, 0.3) is 11.2 Å². The molecule has 5 aromatic rings. The Bertz CT molecular complexity index is 1520. The number of halogens is 1. The number of nitrogens with zero attached hydrogens (tertiary/aromatic N) is 5. The average molecular weight is 471 g/mol. The molecule has 0 aliphatic heterocycles. The van der Waals surface area contributed by atoms with E-state index in [1.165, 1.54) is 17.7 Å². The Labute approximate surface area is 200 Å². The van der Waals surface area contributed by atoms with Crippen molar-refractivity contribution in [2.24, 2.45) is 0 Å². The van der Waals surface area contributed by atoms with Crippen LogP contribution in [0.3, 0.4) is 0 Å². The average Bonchev–Trinajstić information content (AvgIpc) is 3.30. The number of rotatable bonds is 7. The molecule has 0 amide bonds. The van der Waals surface area contributed by atoms with Gasteiger partial charge in [0, 0.05) is 18.3 Å². The number of hydrogen-bond donors (Lipinski definition) is 1. The van der Waals surface area contributed by atoms with E-state index in [9.17, 15) is 9.18 Å². The lowest BCUT2D eigenvalue weighted by molar-refractivity contribution is 0.459. The van der Waals surface area contributed by atoms with Gasteiger partial charge in [-0.05, 0) is 49.7 Å². The zero-order chi connectivity index (χ0) is 24.4. The molecule has 0 fully saturated rings. The van der Waals surface area contributed by atoms with Crippen LogP contribution < -0.4 is 15.6 Å². The lowest BCUT2D eigenvalue weighted by Gasteiger charge is -2.16. The van der Waals surface area contributed by atoms with Crippen LogP contribution in [0, 0.1) is 12.7 Å². The van der Waals surface area contributed by atoms with Crippen molar-refractivity contribution in [1.29, 1.82) is 0 Å². The maximum atomic E-state index is 13.1. The lowest BCUT2D eigenvalue weighted by atomic mass is 10.1. The van der Waals surface area contributed by atoms with Crippen LogP contribution in [0.4, 0.5) is 16.0 Å². The topological polar surface area (TPSA) is 86.9 Å². The molecular formula is C26H23FN6O2. The first-order valence-electron chi connectivity index (χ1n) is 11.2. The first kappa shape index (κ1) is 22.3. The van der Waals surface area contributed by atoms with Gasteiger partial charge in [-0.1, -0.05) is 29.8 Å². The van der Waals surface area contributed by atoms with Crippen molar-refractivity contribution in [3.05, 3.63) is 100 Å². The second kappa shape index (κ2) is 9.38. The Morgan fingerprint density at radius 2 is 1.77 bits per heavy atom. The Balaban J connectivity index is 1.47. The van der Waals surface area contributed by atoms with Gasteiger partial charge in [0.05, 0.1) is 19.1 Å². The number of pyridine rings is 1. The molecule has 8 nitrogen and oxygen atoms in total. The zero-order valence-corrected chi connectivity index (χ0v) is 19.3. The minimum Gasteiger partial charge on any atom is -0.439 e. The van der Waals surface area contributed by atoms with Crippen LogP contribution in [0.1, 0.15) is 18.1 Å². The molecular weight excluding hydrogens is 447 g/mol. The summed E-state index contributed by atoms with van der Waals surface area (Å²) >= 11 is 0. The Morgan fingerprint density at radius 1 is 1.00 bits per heavy atom. The maximum absolute atomic E-state index is 13.1. The van der Waals surface area contributed by atoms with Crippen LogP contribution in [0.15, 0.2) is 78.0 Å². The number of aryl methyl sites for hydroxylation is 2. The summed E-state index contributed by atoms with van der Waals surface area (Å²) in [6.45, 7) is 5.11. The molecule has 0 spiro atoms. The Morgan fingerprint density at radius 3 is 2.46 bits per heavy atom. The van der Waals surface area contributed by atoms with Crippen LogP contribution in [0.5, 0.6) is 11.6 Å². The molecule has 0 unspecified atom stereocenters. The van der Waals surface area contributed by atoms with Gasteiger partial charge in [0.2, 0.25) is 11.8 Å². The van der Waals surface area contributed by atoms with E-state index in [4.69, 9.17) is 4.74 Å². The number of aromatic nitrogens is 5. The van der Waals surface area contributed by atoms with E-state index in [0.29, 0.717) is 41.6 Å². The third-order valence-electron chi connectivity index (χ3n) is 5.57. The third kappa shape index (κ3) is 4.74. The van der Waals surface area contributed by atoms with Crippen molar-refractivity contribution in [2.75, 3.05) is 5.32 Å². The van der Waals surface area contributed by atoms with Crippen molar-refractivity contribution in [3.63, 3.8) is 0 Å². The highest BCUT2D eigenvalue weighted by Crippen LogP contribution is 2.24. The van der Waals surface area contributed by atoms with Gasteiger partial charge < -0.3 is 14.6 Å². The smallest absolute Gasteiger partial charge is 0.300 e. The number of ether oxygens (including phenoxy) is 1. The zero-order valence-electron chi connectivity index (χ0n) is 19.3. The number of hydrogen-bond acceptors (Lipinski definition) is 6. The first-order chi connectivity index (χ1) is 17.0. The fourth-order valence-electron chi connectivity index (χ4n) is 3.74. The fourth-order valence-corrected chi connectivity index (χ4v) is 3.74. The van der Waals surface area contributed by atoms with Crippen molar-refractivity contribution >= 4 is 22.8 Å². The van der Waals surface area contributed by atoms with Crippen LogP contribution in [0.2, 0.25) is 0 Å². The quantitative estimate of drug-likeness (QED) is 0.359. The van der Waals surface area contributed by atoms with Gasteiger partial charge in [0.1, 0.15) is 11.6 Å². The number of benzene rings is 2. The van der Waals surface area contributed by atoms with E-state index in [-0.39, 0.29) is 11.4 Å². The molecule has 0 saturated carbocycles. The highest BCUT2D eigenvalue weighted by atomic mass is 19.1. The van der Waals surface area contributed by atoms with Crippen molar-refractivity contribution < 1.29 is 9.13 Å². The van der Waals surface area contributed by atoms with Gasteiger partial charge in [-0.15, -0.1) is 0 Å². The molecule has 35 heavy (non-hydrogen) atoms. The van der Waals surface area contributed by atoms with E-state index in [1.54, 1.807) is 35.2 Å². The molecule has 0 radical (unpaired) electrons. The second-order valence-electron chi connectivity index (χ2n) is 8.08. The standard InChI is InChI=1S/C26H23FN6O2/c1-3-32-16-29-24-23(32)25(34)31-26(33(24)15-18-6-4-17(2)5-7-18)30-20-9-11-21(12-10-20)35-22-13-8-19(27)14-28-22/h4-14,16H,3,15H2,1-2H3,(H,30,31,34). The number of imidazole rings is 1. The van der Waals surface area contributed by atoms with Crippen molar-refractivity contribution in [3.8, 4) is 11.6 Å². The van der Waals surface area contributed by atoms with Crippen molar-refractivity contribution in [2.45, 2.75) is 26.9 Å². The summed E-state index contributed by atoms with van der Waals surface area (Å²) < 4.78 is 22.4. The van der Waals surface area contributed by atoms with Crippen LogP contribution in [-0.2, 0) is 13.1 Å². The molecule has 3 aromatic heterocycles. The molecule has 0 atom stereocenters. The molecule has 1 N–H and O–H groups in total. The molecule has 0 aliphatic rings. The van der Waals surface area contributed by atoms with E-state index < -0.39 is 5.82 Å². The number of nitrogens with one attached hydrogen (secondary N) is 1. The highest BCUT2D eigenvalue weighted by molar-refractivity contribution is 5.73. The normalized spacial score (nSPS) is 11.1. The van der Waals surface area contributed by atoms with E-state index in [0.717, 1.165) is 11.8 Å². The van der Waals surface area contributed by atoms with Crippen LogP contribution >= 0.6 is 0 Å². The largest absolute Gasteiger partial charge is 0.439 e. The van der Waals surface area contributed by atoms with Gasteiger partial charge >= 0.3 is 5.56 Å². The second-order valence-corrected chi connectivity index (χ2v) is 8.08. The summed E-state index contributed by atoms with van der Waals surface area (Å²) in [7, 11) is 0. The molecule has 5 rings (SSSR count). The lowest BCUT2D eigenvalue weighted by Crippen LogP contribution is -2.20.